The van der Waals surface area contributed by atoms with Gasteiger partial charge in [-0.05, 0) is 69.9 Å². The molecule has 1 atom stereocenters. The van der Waals surface area contributed by atoms with Crippen LogP contribution in [0.5, 0.6) is 5.75 Å². The Labute approximate surface area is 206 Å². The van der Waals surface area contributed by atoms with Crippen molar-refractivity contribution >= 4 is 23.8 Å². The van der Waals surface area contributed by atoms with Crippen molar-refractivity contribution in [1.82, 2.24) is 10.6 Å². The van der Waals surface area contributed by atoms with Crippen LogP contribution in [0, 0.1) is 0 Å². The van der Waals surface area contributed by atoms with E-state index in [1.807, 2.05) is 30.3 Å². The summed E-state index contributed by atoms with van der Waals surface area (Å²) in [4.78, 5) is 37.0. The van der Waals surface area contributed by atoms with Crippen molar-refractivity contribution in [2.75, 3.05) is 19.0 Å². The molecule has 0 radical (unpaired) electrons. The number of hydrogen-bond donors (Lipinski definition) is 3. The third-order valence-electron chi connectivity index (χ3n) is 4.77. The number of alkyl carbamates (subject to hydrolysis) is 2. The maximum atomic E-state index is 12.9. The average molecular weight is 486 g/mol. The largest absolute Gasteiger partial charge is 0.497 e. The predicted molar refractivity (Wildman–Crippen MR) is 133 cm³/mol. The van der Waals surface area contributed by atoms with Crippen molar-refractivity contribution in [2.45, 2.75) is 58.3 Å². The molecule has 2 aromatic carbocycles. The zero-order valence-electron chi connectivity index (χ0n) is 20.8. The van der Waals surface area contributed by atoms with Gasteiger partial charge in [-0.1, -0.05) is 30.3 Å². The van der Waals surface area contributed by atoms with Gasteiger partial charge in [-0.3, -0.25) is 4.79 Å². The van der Waals surface area contributed by atoms with Crippen molar-refractivity contribution in [3.8, 4) is 5.75 Å². The van der Waals surface area contributed by atoms with Gasteiger partial charge in [0.05, 0.1) is 7.11 Å². The summed E-state index contributed by atoms with van der Waals surface area (Å²) in [6.07, 6.45) is 0.365. The first kappa shape index (κ1) is 27.5. The first-order chi connectivity index (χ1) is 16.7. The average Bonchev–Trinajstić information content (AvgIpc) is 2.81. The van der Waals surface area contributed by atoms with Crippen molar-refractivity contribution in [3.05, 3.63) is 60.2 Å². The van der Waals surface area contributed by atoms with Crippen LogP contribution < -0.4 is 20.7 Å². The number of hydrogen-bond acceptors (Lipinski definition) is 6. The Hall–Kier alpha value is -3.75. The molecule has 190 valence electrons. The number of methoxy groups -OCH3 is 1. The minimum Gasteiger partial charge on any atom is -0.497 e. The van der Waals surface area contributed by atoms with E-state index in [-0.39, 0.29) is 12.5 Å². The highest BCUT2D eigenvalue weighted by atomic mass is 16.6. The molecular weight excluding hydrogens is 450 g/mol. The Morgan fingerprint density at radius 2 is 1.60 bits per heavy atom. The lowest BCUT2D eigenvalue weighted by molar-refractivity contribution is -0.118. The number of rotatable bonds is 11. The van der Waals surface area contributed by atoms with E-state index in [1.165, 1.54) is 0 Å². The highest BCUT2D eigenvalue weighted by Crippen LogP contribution is 2.16. The van der Waals surface area contributed by atoms with Crippen molar-refractivity contribution in [1.29, 1.82) is 0 Å². The van der Waals surface area contributed by atoms with Crippen molar-refractivity contribution in [2.24, 2.45) is 0 Å². The van der Waals surface area contributed by atoms with E-state index in [0.717, 1.165) is 5.56 Å². The van der Waals surface area contributed by atoms with E-state index in [1.54, 1.807) is 52.1 Å². The molecule has 3 amide bonds. The summed E-state index contributed by atoms with van der Waals surface area (Å²) < 4.78 is 15.6. The van der Waals surface area contributed by atoms with Crippen LogP contribution in [0.25, 0.3) is 0 Å². The first-order valence-electron chi connectivity index (χ1n) is 11.6. The summed E-state index contributed by atoms with van der Waals surface area (Å²) in [6, 6.07) is 15.3. The molecule has 0 saturated carbocycles. The number of amides is 3. The third kappa shape index (κ3) is 11.3. The molecule has 9 heteroatoms. The maximum absolute atomic E-state index is 12.9. The third-order valence-corrected chi connectivity index (χ3v) is 4.77. The molecule has 0 aromatic heterocycles. The van der Waals surface area contributed by atoms with Gasteiger partial charge in [0, 0.05) is 12.2 Å². The minimum absolute atomic E-state index is 0.0965. The van der Waals surface area contributed by atoms with Gasteiger partial charge in [0.1, 0.15) is 24.0 Å². The number of unbranched alkanes of at least 4 members (excludes halogenated alkanes) is 1. The number of ether oxygens (including phenoxy) is 3. The van der Waals surface area contributed by atoms with E-state index in [0.29, 0.717) is 37.2 Å². The van der Waals surface area contributed by atoms with Gasteiger partial charge in [0.25, 0.3) is 0 Å². The van der Waals surface area contributed by atoms with Crippen LogP contribution >= 0.6 is 0 Å². The summed E-state index contributed by atoms with van der Waals surface area (Å²) in [6.45, 7) is 5.86. The highest BCUT2D eigenvalue weighted by molar-refractivity contribution is 5.96. The minimum atomic E-state index is -0.818. The summed E-state index contributed by atoms with van der Waals surface area (Å²) in [5.74, 6) is 0.298. The molecule has 0 saturated heterocycles. The molecule has 0 aliphatic rings. The highest BCUT2D eigenvalue weighted by Gasteiger charge is 2.22. The number of nitrogens with one attached hydrogen (secondary N) is 3. The van der Waals surface area contributed by atoms with Crippen LogP contribution in [0.3, 0.4) is 0 Å². The van der Waals surface area contributed by atoms with Crippen LogP contribution in [-0.4, -0.2) is 43.4 Å². The van der Waals surface area contributed by atoms with Crippen LogP contribution in [0.1, 0.15) is 45.6 Å². The summed E-state index contributed by atoms with van der Waals surface area (Å²) in [5.41, 5.74) is 0.848. The Morgan fingerprint density at radius 3 is 2.23 bits per heavy atom. The van der Waals surface area contributed by atoms with Gasteiger partial charge in [-0.25, -0.2) is 9.59 Å². The fourth-order valence-corrected chi connectivity index (χ4v) is 3.06. The number of carbonyl (C=O) groups is 3. The molecule has 0 fully saturated rings. The quantitative estimate of drug-likeness (QED) is 0.400. The molecular formula is C26H35N3O6. The molecule has 0 aliphatic heterocycles. The zero-order valence-corrected chi connectivity index (χ0v) is 20.8. The van der Waals surface area contributed by atoms with E-state index < -0.39 is 23.8 Å². The molecule has 35 heavy (non-hydrogen) atoms. The van der Waals surface area contributed by atoms with Gasteiger partial charge >= 0.3 is 12.2 Å². The van der Waals surface area contributed by atoms with Crippen LogP contribution in [0.2, 0.25) is 0 Å². The fourth-order valence-electron chi connectivity index (χ4n) is 3.06. The summed E-state index contributed by atoms with van der Waals surface area (Å²) >= 11 is 0. The smallest absolute Gasteiger partial charge is 0.408 e. The lowest BCUT2D eigenvalue weighted by atomic mass is 10.1. The first-order valence-corrected chi connectivity index (χ1v) is 11.6. The topological polar surface area (TPSA) is 115 Å². The SMILES string of the molecule is COc1ccc(NC(=O)[C@@H](CCCCNC(=O)OC(C)(C)C)NC(=O)OCc2ccccc2)cc1. The zero-order chi connectivity index (χ0) is 25.7. The normalized spacial score (nSPS) is 11.7. The maximum Gasteiger partial charge on any atom is 0.408 e. The molecule has 2 aromatic rings. The van der Waals surface area contributed by atoms with Gasteiger partial charge in [-0.2, -0.15) is 0 Å². The van der Waals surface area contributed by atoms with E-state index >= 15 is 0 Å². The lowest BCUT2D eigenvalue weighted by Gasteiger charge is -2.20. The standard InChI is InChI=1S/C26H35N3O6/c1-26(2,3)35-24(31)27-17-9-8-12-22(23(30)28-20-13-15-21(33-4)16-14-20)29-25(32)34-18-19-10-6-5-7-11-19/h5-7,10-11,13-16,22H,8-9,12,17-18H2,1-4H3,(H,27,31)(H,28,30)(H,29,32)/t22-/m1/s1. The molecule has 0 aliphatic carbocycles. The van der Waals surface area contributed by atoms with Gasteiger partial charge in [0.2, 0.25) is 5.91 Å². The van der Waals surface area contributed by atoms with Gasteiger partial charge < -0.3 is 30.2 Å². The number of benzene rings is 2. The second kappa shape index (κ2) is 13.8. The second-order valence-corrected chi connectivity index (χ2v) is 8.90. The summed E-state index contributed by atoms with van der Waals surface area (Å²) in [7, 11) is 1.56. The van der Waals surface area contributed by atoms with Crippen LogP contribution in [0.15, 0.2) is 54.6 Å². The van der Waals surface area contributed by atoms with Gasteiger partial charge in [0.15, 0.2) is 0 Å². The molecule has 2 rings (SSSR count). The number of anilines is 1. The fraction of sp³-hybridized carbons (Fsp3) is 0.423. The Balaban J connectivity index is 1.89. The monoisotopic (exact) mass is 485 g/mol. The molecule has 0 unspecified atom stereocenters. The molecule has 9 nitrogen and oxygen atoms in total. The Morgan fingerprint density at radius 1 is 0.914 bits per heavy atom. The van der Waals surface area contributed by atoms with Crippen LogP contribution in [-0.2, 0) is 20.9 Å². The van der Waals surface area contributed by atoms with E-state index in [2.05, 4.69) is 16.0 Å². The summed E-state index contributed by atoms with van der Waals surface area (Å²) in [5, 5.41) is 8.14. The Bertz CT molecular complexity index is 942. The molecule has 0 bridgehead atoms. The lowest BCUT2D eigenvalue weighted by Crippen LogP contribution is -2.44. The van der Waals surface area contributed by atoms with Crippen molar-refractivity contribution in [3.63, 3.8) is 0 Å². The molecule has 0 spiro atoms. The van der Waals surface area contributed by atoms with E-state index in [9.17, 15) is 14.4 Å². The van der Waals surface area contributed by atoms with Crippen LogP contribution in [0.4, 0.5) is 15.3 Å². The molecule has 0 heterocycles. The van der Waals surface area contributed by atoms with E-state index in [4.69, 9.17) is 14.2 Å². The number of carbonyl (C=O) groups excluding carboxylic acids is 3. The second-order valence-electron chi connectivity index (χ2n) is 8.90. The Kier molecular flexibility index (Phi) is 10.9. The van der Waals surface area contributed by atoms with Crippen molar-refractivity contribution < 1.29 is 28.6 Å². The van der Waals surface area contributed by atoms with Gasteiger partial charge in [-0.15, -0.1) is 0 Å². The molecule has 3 N–H and O–H groups in total. The predicted octanol–water partition coefficient (Wildman–Crippen LogP) is 4.62.